The van der Waals surface area contributed by atoms with Crippen LogP contribution in [0.3, 0.4) is 0 Å². The van der Waals surface area contributed by atoms with Gasteiger partial charge in [-0.1, -0.05) is 56.6 Å². The van der Waals surface area contributed by atoms with E-state index in [-0.39, 0.29) is 16.0 Å². The van der Waals surface area contributed by atoms with Crippen molar-refractivity contribution in [3.63, 3.8) is 0 Å². The van der Waals surface area contributed by atoms with E-state index in [1.165, 1.54) is 12.1 Å². The van der Waals surface area contributed by atoms with Gasteiger partial charge in [0.25, 0.3) is 0 Å². The first-order valence-electron chi connectivity index (χ1n) is 12.1. The van der Waals surface area contributed by atoms with Gasteiger partial charge in [-0.25, -0.2) is 9.59 Å². The Kier molecular flexibility index (Phi) is 7.89. The average Bonchev–Trinajstić information content (AvgIpc) is 2.89. The van der Waals surface area contributed by atoms with Gasteiger partial charge in [0.2, 0.25) is 0 Å². The molecule has 0 bridgehead atoms. The molecule has 0 radical (unpaired) electrons. The van der Waals surface area contributed by atoms with Gasteiger partial charge in [0.1, 0.15) is 5.75 Å². The number of nitrogens with one attached hydrogen (secondary N) is 2. The fraction of sp³-hybridized carbons (Fsp3) is 0.129. The molecule has 0 aromatic heterocycles. The van der Waals surface area contributed by atoms with Crippen LogP contribution in [-0.2, 0) is 5.41 Å². The summed E-state index contributed by atoms with van der Waals surface area (Å²) in [5.74, 6) is -0.0623. The number of anilines is 2. The summed E-state index contributed by atoms with van der Waals surface area (Å²) >= 11 is 6.19. The number of para-hydroxylation sites is 1. The maximum Gasteiger partial charge on any atom is 0.335 e. The molecule has 0 heterocycles. The number of benzene rings is 4. The molecule has 0 aliphatic rings. The lowest BCUT2D eigenvalue weighted by molar-refractivity contribution is 0.0697. The molecule has 0 atom stereocenters. The first kappa shape index (κ1) is 27.2. The van der Waals surface area contributed by atoms with Crippen molar-refractivity contribution in [2.75, 3.05) is 10.6 Å². The first-order chi connectivity index (χ1) is 18.5. The van der Waals surface area contributed by atoms with Crippen LogP contribution in [0.5, 0.6) is 11.5 Å². The first-order valence-corrected chi connectivity index (χ1v) is 12.4. The normalized spacial score (nSPS) is 10.8. The lowest BCUT2D eigenvalue weighted by Gasteiger charge is -2.23. The second-order valence-electron chi connectivity index (χ2n) is 9.86. The Morgan fingerprint density at radius 2 is 1.59 bits per heavy atom. The van der Waals surface area contributed by atoms with Crippen molar-refractivity contribution >= 4 is 35.0 Å². The van der Waals surface area contributed by atoms with Gasteiger partial charge >= 0.3 is 12.0 Å². The predicted molar refractivity (Wildman–Crippen MR) is 153 cm³/mol. The van der Waals surface area contributed by atoms with Crippen LogP contribution in [-0.4, -0.2) is 17.1 Å². The van der Waals surface area contributed by atoms with Gasteiger partial charge in [-0.2, -0.15) is 5.26 Å². The standard InChI is InChI=1S/C31H26ClN3O4/c1-31(2,3)25-6-4-5-7-27(25)39-28-13-10-20(21-14-22(29(36)37)16-23(32)15-21)17-26(28)35-30(38)34-24-11-8-19(18-33)9-12-24/h4-17H,1-3H3,(H,36,37)(H2,34,35,38). The number of carboxylic acid groups (broad SMARTS) is 1. The van der Waals surface area contributed by atoms with Crippen LogP contribution in [0.1, 0.15) is 42.3 Å². The third-order valence-electron chi connectivity index (χ3n) is 5.89. The molecule has 4 rings (SSSR count). The highest BCUT2D eigenvalue weighted by molar-refractivity contribution is 6.31. The van der Waals surface area contributed by atoms with Crippen molar-refractivity contribution in [1.29, 1.82) is 5.26 Å². The highest BCUT2D eigenvalue weighted by atomic mass is 35.5. The molecular formula is C31H26ClN3O4. The Labute approximate surface area is 231 Å². The number of carbonyl (C=O) groups is 2. The predicted octanol–water partition coefficient (Wildman–Crippen LogP) is 8.31. The fourth-order valence-electron chi connectivity index (χ4n) is 3.98. The number of hydrogen-bond donors (Lipinski definition) is 3. The SMILES string of the molecule is CC(C)(C)c1ccccc1Oc1ccc(-c2cc(Cl)cc(C(=O)O)c2)cc1NC(=O)Nc1ccc(C#N)cc1. The number of nitriles is 1. The van der Waals surface area contributed by atoms with E-state index >= 15 is 0 Å². The average molecular weight is 540 g/mol. The van der Waals surface area contributed by atoms with Crippen LogP contribution in [0, 0.1) is 11.3 Å². The van der Waals surface area contributed by atoms with Crippen molar-refractivity contribution in [2.24, 2.45) is 0 Å². The Morgan fingerprint density at radius 1 is 0.872 bits per heavy atom. The third kappa shape index (κ3) is 6.75. The molecule has 4 aromatic rings. The van der Waals surface area contributed by atoms with Gasteiger partial charge < -0.3 is 20.5 Å². The van der Waals surface area contributed by atoms with Crippen molar-refractivity contribution in [3.05, 3.63) is 107 Å². The summed E-state index contributed by atoms with van der Waals surface area (Å²) in [6.07, 6.45) is 0. The second kappa shape index (κ2) is 11.3. The number of carbonyl (C=O) groups excluding carboxylic acids is 1. The molecule has 0 spiro atoms. The molecule has 0 saturated carbocycles. The summed E-state index contributed by atoms with van der Waals surface area (Å²) in [5, 5.41) is 24.3. The van der Waals surface area contributed by atoms with Crippen LogP contribution in [0.25, 0.3) is 11.1 Å². The van der Waals surface area contributed by atoms with Gasteiger partial charge in [-0.3, -0.25) is 0 Å². The van der Waals surface area contributed by atoms with Crippen molar-refractivity contribution in [1.82, 2.24) is 0 Å². The van der Waals surface area contributed by atoms with Crippen LogP contribution >= 0.6 is 11.6 Å². The van der Waals surface area contributed by atoms with Gasteiger partial charge in [0, 0.05) is 16.3 Å². The van der Waals surface area contributed by atoms with Gasteiger partial charge in [0.05, 0.1) is 22.9 Å². The molecule has 3 N–H and O–H groups in total. The lowest BCUT2D eigenvalue weighted by atomic mass is 9.86. The number of halogens is 1. The Morgan fingerprint density at radius 3 is 2.26 bits per heavy atom. The summed E-state index contributed by atoms with van der Waals surface area (Å²) in [4.78, 5) is 24.5. The van der Waals surface area contributed by atoms with E-state index in [0.29, 0.717) is 39.6 Å². The smallest absolute Gasteiger partial charge is 0.335 e. The molecule has 0 aliphatic heterocycles. The maximum atomic E-state index is 13.0. The monoisotopic (exact) mass is 539 g/mol. The Hall–Kier alpha value is -4.80. The zero-order valence-corrected chi connectivity index (χ0v) is 22.3. The molecule has 4 aromatic carbocycles. The number of hydrogen-bond acceptors (Lipinski definition) is 4. The molecular weight excluding hydrogens is 514 g/mol. The van der Waals surface area contributed by atoms with Gasteiger partial charge in [-0.05, 0) is 77.2 Å². The van der Waals surface area contributed by atoms with E-state index in [2.05, 4.69) is 31.4 Å². The number of amides is 2. The summed E-state index contributed by atoms with van der Waals surface area (Å²) in [7, 11) is 0. The summed E-state index contributed by atoms with van der Waals surface area (Å²) in [6, 6.07) is 25.4. The molecule has 0 fully saturated rings. The van der Waals surface area contributed by atoms with E-state index in [1.54, 1.807) is 48.5 Å². The Balaban J connectivity index is 1.73. The van der Waals surface area contributed by atoms with Gasteiger partial charge in [-0.15, -0.1) is 0 Å². The van der Waals surface area contributed by atoms with Crippen LogP contribution < -0.4 is 15.4 Å². The zero-order chi connectivity index (χ0) is 28.2. The molecule has 39 heavy (non-hydrogen) atoms. The van der Waals surface area contributed by atoms with Crippen molar-refractivity contribution in [2.45, 2.75) is 26.2 Å². The minimum atomic E-state index is -1.10. The summed E-state index contributed by atoms with van der Waals surface area (Å²) in [5.41, 5.74) is 3.38. The minimum absolute atomic E-state index is 0.0463. The van der Waals surface area contributed by atoms with E-state index < -0.39 is 12.0 Å². The number of urea groups is 1. The minimum Gasteiger partial charge on any atom is -0.478 e. The third-order valence-corrected chi connectivity index (χ3v) is 6.11. The number of aromatic carboxylic acids is 1. The van der Waals surface area contributed by atoms with Crippen molar-refractivity contribution in [3.8, 4) is 28.7 Å². The highest BCUT2D eigenvalue weighted by Gasteiger charge is 2.20. The fourth-order valence-corrected chi connectivity index (χ4v) is 4.22. The number of ether oxygens (including phenoxy) is 1. The number of nitrogens with zero attached hydrogens (tertiary/aromatic N) is 1. The zero-order valence-electron chi connectivity index (χ0n) is 21.6. The lowest BCUT2D eigenvalue weighted by Crippen LogP contribution is -2.20. The molecule has 7 nitrogen and oxygen atoms in total. The van der Waals surface area contributed by atoms with Crippen LogP contribution in [0.2, 0.25) is 5.02 Å². The molecule has 0 unspecified atom stereocenters. The van der Waals surface area contributed by atoms with Crippen LogP contribution in [0.15, 0.2) is 84.9 Å². The van der Waals surface area contributed by atoms with E-state index in [1.807, 2.05) is 30.3 Å². The molecule has 196 valence electrons. The van der Waals surface area contributed by atoms with E-state index in [0.717, 1.165) is 5.56 Å². The maximum absolute atomic E-state index is 13.0. The number of carboxylic acids is 1. The van der Waals surface area contributed by atoms with Gasteiger partial charge in [0.15, 0.2) is 5.75 Å². The largest absolute Gasteiger partial charge is 0.478 e. The molecule has 0 saturated heterocycles. The Bertz CT molecular complexity index is 1590. The highest BCUT2D eigenvalue weighted by Crippen LogP contribution is 2.39. The van der Waals surface area contributed by atoms with Crippen LogP contribution in [0.4, 0.5) is 16.2 Å². The summed E-state index contributed by atoms with van der Waals surface area (Å²) in [6.45, 7) is 6.25. The molecule has 8 heteroatoms. The molecule has 2 amide bonds. The van der Waals surface area contributed by atoms with Crippen molar-refractivity contribution < 1.29 is 19.4 Å². The topological polar surface area (TPSA) is 111 Å². The van der Waals surface area contributed by atoms with E-state index in [9.17, 15) is 14.7 Å². The number of rotatable bonds is 6. The molecule has 0 aliphatic carbocycles. The van der Waals surface area contributed by atoms with E-state index in [4.69, 9.17) is 21.6 Å². The second-order valence-corrected chi connectivity index (χ2v) is 10.3. The quantitative estimate of drug-likeness (QED) is 0.228. The summed E-state index contributed by atoms with van der Waals surface area (Å²) < 4.78 is 6.33.